The van der Waals surface area contributed by atoms with E-state index in [0.29, 0.717) is 0 Å². The van der Waals surface area contributed by atoms with Crippen molar-refractivity contribution in [3.8, 4) is 45.6 Å². The van der Waals surface area contributed by atoms with Gasteiger partial charge in [0.05, 0.1) is 0 Å². The molecule has 0 aliphatic heterocycles. The first-order valence-electron chi connectivity index (χ1n) is 14.9. The van der Waals surface area contributed by atoms with E-state index in [0.717, 1.165) is 68.0 Å². The third kappa shape index (κ3) is 5.86. The van der Waals surface area contributed by atoms with Gasteiger partial charge >= 0.3 is 289 Å². The number of fused-ring (bicyclic) bond motifs is 2. The van der Waals surface area contributed by atoms with Crippen LogP contribution < -0.4 is 7.06 Å². The van der Waals surface area contributed by atoms with Crippen molar-refractivity contribution in [2.75, 3.05) is 0 Å². The molecule has 9 nitrogen and oxygen atoms in total. The van der Waals surface area contributed by atoms with Gasteiger partial charge in [-0.05, 0) is 0 Å². The van der Waals surface area contributed by atoms with Crippen molar-refractivity contribution in [1.29, 1.82) is 0 Å². The second-order valence-corrected chi connectivity index (χ2v) is 15.8. The summed E-state index contributed by atoms with van der Waals surface area (Å²) < 4.78 is 23.0. The number of benzene rings is 4. The van der Waals surface area contributed by atoms with Crippen molar-refractivity contribution >= 4 is 58.6 Å². The molecule has 0 fully saturated rings. The summed E-state index contributed by atoms with van der Waals surface area (Å²) in [6, 6.07) is 43.8. The molecule has 222 valence electrons. The van der Waals surface area contributed by atoms with E-state index in [2.05, 4.69) is 43.4 Å². The van der Waals surface area contributed by atoms with Crippen LogP contribution >= 0.6 is 0 Å². The molecule has 8 rings (SSSR count). The summed E-state index contributed by atoms with van der Waals surface area (Å²) in [6.45, 7) is 0. The summed E-state index contributed by atoms with van der Waals surface area (Å²) in [6.07, 6.45) is 3.57. The third-order valence-electron chi connectivity index (χ3n) is 7.58. The first kappa shape index (κ1) is 29.4. The minimum absolute atomic E-state index is 0.724. The number of pyridine rings is 2. The Hall–Kier alpha value is -5.05. The van der Waals surface area contributed by atoms with Gasteiger partial charge < -0.3 is 0 Å². The fourth-order valence-corrected chi connectivity index (χ4v) is 8.85. The Balaban J connectivity index is 1.02. The van der Waals surface area contributed by atoms with Gasteiger partial charge in [-0.25, -0.2) is 0 Å². The molecule has 0 saturated carbocycles. The Morgan fingerprint density at radius 1 is 0.447 bits per heavy atom. The average Bonchev–Trinajstić information content (AvgIpc) is 3.72. The summed E-state index contributed by atoms with van der Waals surface area (Å²) in [4.78, 5) is 19.2. The summed E-state index contributed by atoms with van der Waals surface area (Å²) in [5.74, 6) is 2.97. The van der Waals surface area contributed by atoms with Crippen LogP contribution in [0.4, 0.5) is 0 Å². The molecule has 4 aromatic carbocycles. The Morgan fingerprint density at radius 2 is 0.872 bits per heavy atom. The van der Waals surface area contributed by atoms with E-state index in [-0.39, 0.29) is 0 Å². The molecular formula is C36H24Ga2N6O3. The predicted octanol–water partition coefficient (Wildman–Crippen LogP) is 7.03. The fraction of sp³-hybridized carbons (Fsp3) is 0. The summed E-state index contributed by atoms with van der Waals surface area (Å²) in [7, 11) is 0. The Kier molecular flexibility index (Phi) is 8.35. The molecular weight excluding hydrogens is 704 g/mol. The molecule has 0 unspecified atom stereocenters. The quantitative estimate of drug-likeness (QED) is 0.110. The van der Waals surface area contributed by atoms with Gasteiger partial charge in [0.2, 0.25) is 0 Å². The zero-order chi connectivity index (χ0) is 31.4. The van der Waals surface area contributed by atoms with Crippen molar-refractivity contribution in [2.45, 2.75) is 0 Å². The van der Waals surface area contributed by atoms with Crippen LogP contribution in [0.5, 0.6) is 11.5 Å². The molecule has 0 spiro atoms. The Morgan fingerprint density at radius 3 is 1.34 bits per heavy atom. The van der Waals surface area contributed by atoms with Crippen LogP contribution in [0.15, 0.2) is 146 Å². The molecule has 0 aliphatic rings. The van der Waals surface area contributed by atoms with Crippen LogP contribution in [0.1, 0.15) is 0 Å². The molecule has 4 heterocycles. The molecule has 0 N–H and O–H groups in total. The van der Waals surface area contributed by atoms with Crippen molar-refractivity contribution < 1.29 is 9.38 Å². The zero-order valence-corrected chi connectivity index (χ0v) is 29.8. The molecule has 4 aromatic heterocycles. The van der Waals surface area contributed by atoms with Gasteiger partial charge in [-0.2, -0.15) is 0 Å². The normalized spacial score (nSPS) is 11.1. The van der Waals surface area contributed by atoms with Gasteiger partial charge in [-0.1, -0.05) is 0 Å². The van der Waals surface area contributed by atoms with Crippen molar-refractivity contribution in [3.63, 3.8) is 0 Å². The maximum atomic E-state index is 6.34. The first-order chi connectivity index (χ1) is 23.3. The van der Waals surface area contributed by atoms with E-state index in [9.17, 15) is 0 Å². The SMILES string of the molecule is c1ccc(-n2c(-c3ccccc3[O][Ga][O][Ga][O]c3ccccc3-c3nc4cccnc4n3-c3ccccc3)nc3cccnc32)cc1. The molecule has 47 heavy (non-hydrogen) atoms. The van der Waals surface area contributed by atoms with E-state index < -0.39 is 36.3 Å². The van der Waals surface area contributed by atoms with Gasteiger partial charge in [0.25, 0.3) is 0 Å². The first-order valence-corrected chi connectivity index (χ1v) is 18.9. The molecule has 0 amide bonds. The van der Waals surface area contributed by atoms with Crippen molar-refractivity contribution in [2.24, 2.45) is 0 Å². The van der Waals surface area contributed by atoms with E-state index in [4.69, 9.17) is 19.3 Å². The van der Waals surface area contributed by atoms with Gasteiger partial charge in [-0.3, -0.25) is 0 Å². The van der Waals surface area contributed by atoms with Gasteiger partial charge in [0, 0.05) is 0 Å². The zero-order valence-electron chi connectivity index (χ0n) is 24.9. The van der Waals surface area contributed by atoms with Crippen LogP contribution in [-0.4, -0.2) is 65.3 Å². The number of imidazole rings is 2. The number of rotatable bonds is 10. The molecule has 0 saturated heterocycles. The second-order valence-electron chi connectivity index (χ2n) is 10.5. The van der Waals surface area contributed by atoms with Crippen molar-refractivity contribution in [3.05, 3.63) is 146 Å². The third-order valence-corrected chi connectivity index (χ3v) is 11.9. The van der Waals surface area contributed by atoms with Crippen LogP contribution in [0.2, 0.25) is 0 Å². The second kappa shape index (κ2) is 13.4. The predicted molar refractivity (Wildman–Crippen MR) is 182 cm³/mol. The van der Waals surface area contributed by atoms with Crippen LogP contribution in [0.25, 0.3) is 56.5 Å². The van der Waals surface area contributed by atoms with Gasteiger partial charge in [0.1, 0.15) is 0 Å². The van der Waals surface area contributed by atoms with Gasteiger partial charge in [-0.15, -0.1) is 0 Å². The number of aromatic nitrogens is 6. The van der Waals surface area contributed by atoms with E-state index >= 15 is 0 Å². The van der Waals surface area contributed by atoms with E-state index in [1.165, 1.54) is 0 Å². The van der Waals surface area contributed by atoms with Crippen LogP contribution in [-0.2, 0) is 2.32 Å². The number of nitrogens with zero attached hydrogens (tertiary/aromatic N) is 6. The molecule has 0 bridgehead atoms. The molecule has 0 aliphatic carbocycles. The summed E-state index contributed by atoms with van der Waals surface area (Å²) >= 11 is -3.20. The molecule has 2 radical (unpaired) electrons. The monoisotopic (exact) mass is 726 g/mol. The van der Waals surface area contributed by atoms with Crippen LogP contribution in [0, 0.1) is 0 Å². The molecule has 0 atom stereocenters. The van der Waals surface area contributed by atoms with E-state index in [1.54, 1.807) is 12.4 Å². The van der Waals surface area contributed by atoms with Crippen LogP contribution in [0.3, 0.4) is 0 Å². The maximum absolute atomic E-state index is 6.34. The molecule has 8 aromatic rings. The average molecular weight is 728 g/mol. The number of hydrogen-bond donors (Lipinski definition) is 0. The standard InChI is InChI=1S/2C18H13N3O.2Ga.O/c2*22-16-11-5-4-9-14(16)17-20-15-10-6-12-19-18(15)21(17)13-7-2-1-3-8-13;;;/h2*1-12,22H;;;/q;;2*+1;/p-2. The summed E-state index contributed by atoms with van der Waals surface area (Å²) in [5.41, 5.74) is 6.90. The Labute approximate surface area is 287 Å². The summed E-state index contributed by atoms with van der Waals surface area (Å²) in [5, 5.41) is 0. The fourth-order valence-electron chi connectivity index (χ4n) is 5.52. The Bertz CT molecular complexity index is 2150. The van der Waals surface area contributed by atoms with Gasteiger partial charge in [0.15, 0.2) is 0 Å². The number of hydrogen-bond acceptors (Lipinski definition) is 7. The topological polar surface area (TPSA) is 89.1 Å². The van der Waals surface area contributed by atoms with E-state index in [1.807, 2.05) is 109 Å². The number of para-hydroxylation sites is 4. The minimum atomic E-state index is -1.60. The molecule has 11 heteroatoms. The van der Waals surface area contributed by atoms with Crippen molar-refractivity contribution in [1.82, 2.24) is 29.1 Å².